The van der Waals surface area contributed by atoms with Crippen LogP contribution in [0.3, 0.4) is 0 Å². The molecule has 0 aliphatic carbocycles. The van der Waals surface area contributed by atoms with E-state index < -0.39 is 9.84 Å². The summed E-state index contributed by atoms with van der Waals surface area (Å²) in [5, 5.41) is 12.2. The number of hydrogen-bond donors (Lipinski definition) is 0. The maximum absolute atomic E-state index is 12.9. The quantitative estimate of drug-likeness (QED) is 0.640. The molecule has 1 aromatic carbocycles. The second-order valence-corrected chi connectivity index (χ2v) is 9.78. The van der Waals surface area contributed by atoms with E-state index in [4.69, 9.17) is 0 Å². The first-order valence-electron chi connectivity index (χ1n) is 8.89. The standard InChI is InChI=1S/C17H23N5O3S2/c1-3-13(2)21(15-9-10-27(24,25)12-15)16(23)11-26-17-18-19-20-22(17)14-7-5-4-6-8-14/h4-8,13,15H,3,9-12H2,1-2H3/t13-,15-/m1/s1. The van der Waals surface area contributed by atoms with Crippen molar-refractivity contribution in [2.45, 2.75) is 43.9 Å². The lowest BCUT2D eigenvalue weighted by Crippen LogP contribution is -2.47. The molecule has 0 spiro atoms. The Hall–Kier alpha value is -1.94. The molecule has 2 aromatic rings. The lowest BCUT2D eigenvalue weighted by molar-refractivity contribution is -0.132. The molecule has 0 bridgehead atoms. The third-order valence-corrected chi connectivity index (χ3v) is 7.38. The largest absolute Gasteiger partial charge is 0.335 e. The first-order valence-corrected chi connectivity index (χ1v) is 11.7. The molecule has 1 aliphatic rings. The summed E-state index contributed by atoms with van der Waals surface area (Å²) in [5.41, 5.74) is 0.818. The first-order chi connectivity index (χ1) is 12.9. The predicted molar refractivity (Wildman–Crippen MR) is 104 cm³/mol. The normalized spacial score (nSPS) is 19.7. The molecule has 1 saturated heterocycles. The maximum atomic E-state index is 12.9. The van der Waals surface area contributed by atoms with Gasteiger partial charge in [0.15, 0.2) is 9.84 Å². The molecule has 1 aliphatic heterocycles. The second-order valence-electron chi connectivity index (χ2n) is 6.61. The summed E-state index contributed by atoms with van der Waals surface area (Å²) >= 11 is 1.26. The summed E-state index contributed by atoms with van der Waals surface area (Å²) in [6.07, 6.45) is 1.28. The Morgan fingerprint density at radius 2 is 2.11 bits per heavy atom. The summed E-state index contributed by atoms with van der Waals surface area (Å²) in [6, 6.07) is 9.20. The van der Waals surface area contributed by atoms with E-state index in [1.807, 2.05) is 44.2 Å². The number of para-hydroxylation sites is 1. The number of aromatic nitrogens is 4. The van der Waals surface area contributed by atoms with Gasteiger partial charge in [0, 0.05) is 12.1 Å². The van der Waals surface area contributed by atoms with E-state index in [1.165, 1.54) is 11.8 Å². The number of benzene rings is 1. The van der Waals surface area contributed by atoms with E-state index in [0.29, 0.717) is 11.6 Å². The Morgan fingerprint density at radius 1 is 1.37 bits per heavy atom. The van der Waals surface area contributed by atoms with Gasteiger partial charge in [0.1, 0.15) is 0 Å². The summed E-state index contributed by atoms with van der Waals surface area (Å²) in [7, 11) is -3.05. The van der Waals surface area contributed by atoms with Crippen LogP contribution in [0.25, 0.3) is 5.69 Å². The van der Waals surface area contributed by atoms with E-state index in [0.717, 1.165) is 12.1 Å². The summed E-state index contributed by atoms with van der Waals surface area (Å²) < 4.78 is 25.3. The average Bonchev–Trinajstić information content (AvgIpc) is 3.27. The SMILES string of the molecule is CC[C@@H](C)N(C(=O)CSc1nnnn1-c1ccccc1)[C@@H]1CCS(=O)(=O)C1. The van der Waals surface area contributed by atoms with Crippen molar-refractivity contribution in [3.05, 3.63) is 30.3 Å². The lowest BCUT2D eigenvalue weighted by atomic mass is 10.1. The van der Waals surface area contributed by atoms with Crippen molar-refractivity contribution < 1.29 is 13.2 Å². The third kappa shape index (κ3) is 4.67. The third-order valence-electron chi connectivity index (χ3n) is 4.72. The topological polar surface area (TPSA) is 98.1 Å². The molecule has 27 heavy (non-hydrogen) atoms. The van der Waals surface area contributed by atoms with Crippen molar-refractivity contribution in [1.29, 1.82) is 0 Å². The number of sulfone groups is 1. The number of nitrogens with zero attached hydrogens (tertiary/aromatic N) is 5. The highest BCUT2D eigenvalue weighted by molar-refractivity contribution is 7.99. The highest BCUT2D eigenvalue weighted by atomic mass is 32.2. The number of rotatable bonds is 7. The molecule has 1 amide bonds. The van der Waals surface area contributed by atoms with Crippen LogP contribution in [-0.2, 0) is 14.6 Å². The van der Waals surface area contributed by atoms with Crippen LogP contribution >= 0.6 is 11.8 Å². The second kappa shape index (κ2) is 8.39. The molecule has 0 N–H and O–H groups in total. The van der Waals surface area contributed by atoms with Gasteiger partial charge in [-0.1, -0.05) is 36.9 Å². The number of amides is 1. The Balaban J connectivity index is 1.71. The number of carbonyl (C=O) groups excluding carboxylic acids is 1. The zero-order chi connectivity index (χ0) is 19.4. The Kier molecular flexibility index (Phi) is 6.15. The molecular formula is C17H23N5O3S2. The van der Waals surface area contributed by atoms with E-state index in [2.05, 4.69) is 15.5 Å². The van der Waals surface area contributed by atoms with Gasteiger partial charge in [0.05, 0.1) is 22.9 Å². The summed E-state index contributed by atoms with van der Waals surface area (Å²) in [4.78, 5) is 14.7. The van der Waals surface area contributed by atoms with Crippen LogP contribution in [0.15, 0.2) is 35.5 Å². The summed E-state index contributed by atoms with van der Waals surface area (Å²) in [6.45, 7) is 3.96. The van der Waals surface area contributed by atoms with Crippen LogP contribution in [0, 0.1) is 0 Å². The van der Waals surface area contributed by atoms with E-state index >= 15 is 0 Å². The van der Waals surface area contributed by atoms with Crippen LogP contribution in [0.5, 0.6) is 0 Å². The number of hydrogen-bond acceptors (Lipinski definition) is 7. The van der Waals surface area contributed by atoms with Gasteiger partial charge in [0.25, 0.3) is 0 Å². The Morgan fingerprint density at radius 3 is 2.74 bits per heavy atom. The molecule has 10 heteroatoms. The van der Waals surface area contributed by atoms with E-state index in [1.54, 1.807) is 9.58 Å². The van der Waals surface area contributed by atoms with Gasteiger partial charge in [-0.15, -0.1) is 5.10 Å². The predicted octanol–water partition coefficient (Wildman–Crippen LogP) is 1.57. The fourth-order valence-electron chi connectivity index (χ4n) is 3.20. The first kappa shape index (κ1) is 19.8. The van der Waals surface area contributed by atoms with Gasteiger partial charge in [-0.05, 0) is 42.3 Å². The zero-order valence-electron chi connectivity index (χ0n) is 15.4. The van der Waals surface area contributed by atoms with Crippen LogP contribution in [0.1, 0.15) is 26.7 Å². The minimum absolute atomic E-state index is 0.0125. The molecule has 8 nitrogen and oxygen atoms in total. The van der Waals surface area contributed by atoms with Crippen LogP contribution in [-0.4, -0.2) is 68.8 Å². The molecule has 2 heterocycles. The van der Waals surface area contributed by atoms with Gasteiger partial charge >= 0.3 is 0 Å². The molecule has 1 aromatic heterocycles. The highest BCUT2D eigenvalue weighted by Crippen LogP contribution is 2.24. The molecule has 1 fully saturated rings. The number of thioether (sulfide) groups is 1. The van der Waals surface area contributed by atoms with Gasteiger partial charge in [-0.2, -0.15) is 4.68 Å². The zero-order valence-corrected chi connectivity index (χ0v) is 17.0. The van der Waals surface area contributed by atoms with Crippen molar-refractivity contribution >= 4 is 27.5 Å². The van der Waals surface area contributed by atoms with Crippen LogP contribution in [0.2, 0.25) is 0 Å². The average molecular weight is 410 g/mol. The van der Waals surface area contributed by atoms with Gasteiger partial charge in [-0.25, -0.2) is 8.42 Å². The number of tetrazole rings is 1. The fraction of sp³-hybridized carbons (Fsp3) is 0.529. The Bertz CT molecular complexity index is 885. The molecule has 3 rings (SSSR count). The van der Waals surface area contributed by atoms with E-state index in [-0.39, 0.29) is 35.2 Å². The monoisotopic (exact) mass is 409 g/mol. The van der Waals surface area contributed by atoms with Gasteiger partial charge in [-0.3, -0.25) is 4.79 Å². The fourth-order valence-corrected chi connectivity index (χ4v) is 5.67. The van der Waals surface area contributed by atoms with Crippen molar-refractivity contribution in [3.8, 4) is 5.69 Å². The smallest absolute Gasteiger partial charge is 0.233 e. The molecule has 146 valence electrons. The summed E-state index contributed by atoms with van der Waals surface area (Å²) in [5.74, 6) is 0.278. The van der Waals surface area contributed by atoms with Gasteiger partial charge < -0.3 is 4.90 Å². The van der Waals surface area contributed by atoms with Crippen molar-refractivity contribution in [1.82, 2.24) is 25.1 Å². The molecule has 2 atom stereocenters. The minimum Gasteiger partial charge on any atom is -0.335 e. The molecule has 0 saturated carbocycles. The van der Waals surface area contributed by atoms with Crippen molar-refractivity contribution in [2.24, 2.45) is 0 Å². The molecule has 0 unspecified atom stereocenters. The van der Waals surface area contributed by atoms with Crippen molar-refractivity contribution in [2.75, 3.05) is 17.3 Å². The lowest BCUT2D eigenvalue weighted by Gasteiger charge is -2.33. The minimum atomic E-state index is -3.05. The van der Waals surface area contributed by atoms with Crippen LogP contribution in [0.4, 0.5) is 0 Å². The van der Waals surface area contributed by atoms with E-state index in [9.17, 15) is 13.2 Å². The number of carbonyl (C=O) groups is 1. The highest BCUT2D eigenvalue weighted by Gasteiger charge is 2.36. The van der Waals surface area contributed by atoms with Gasteiger partial charge in [0.2, 0.25) is 11.1 Å². The van der Waals surface area contributed by atoms with Crippen molar-refractivity contribution in [3.63, 3.8) is 0 Å². The Labute approximate surface area is 163 Å². The molecular weight excluding hydrogens is 386 g/mol. The van der Waals surface area contributed by atoms with Crippen LogP contribution < -0.4 is 0 Å². The maximum Gasteiger partial charge on any atom is 0.233 e. The molecule has 0 radical (unpaired) electrons.